The van der Waals surface area contributed by atoms with Crippen LogP contribution in [0.3, 0.4) is 0 Å². The smallest absolute Gasteiger partial charge is 0.344 e. The van der Waals surface area contributed by atoms with Crippen molar-refractivity contribution < 1.29 is 34.0 Å². The third-order valence-electron chi connectivity index (χ3n) is 4.49. The predicted octanol–water partition coefficient (Wildman–Crippen LogP) is 4.61. The molecule has 168 valence electrons. The quantitative estimate of drug-likeness (QED) is 0.581. The zero-order chi connectivity index (χ0) is 23.3. The van der Waals surface area contributed by atoms with Gasteiger partial charge in [-0.25, -0.2) is 9.79 Å². The van der Waals surface area contributed by atoms with E-state index in [1.165, 1.54) is 27.4 Å². The van der Waals surface area contributed by atoms with E-state index in [-0.39, 0.29) is 28.7 Å². The van der Waals surface area contributed by atoms with Gasteiger partial charge in [0.25, 0.3) is 0 Å². The molecule has 1 aliphatic heterocycles. The number of benzene rings is 2. The molecule has 0 amide bonds. The molecule has 0 fully saturated rings. The molecule has 0 bridgehead atoms. The fourth-order valence-corrected chi connectivity index (χ4v) is 3.94. The van der Waals surface area contributed by atoms with E-state index in [0.717, 1.165) is 11.8 Å². The number of carbonyl (C=O) groups excluding carboxylic acids is 1. The molecule has 32 heavy (non-hydrogen) atoms. The molecule has 9 heteroatoms. The van der Waals surface area contributed by atoms with Gasteiger partial charge in [-0.05, 0) is 37.3 Å². The monoisotopic (exact) mass is 457 g/mol. The van der Waals surface area contributed by atoms with Crippen LogP contribution in [0.5, 0.6) is 23.0 Å². The lowest BCUT2D eigenvalue weighted by atomic mass is 10.1. The zero-order valence-corrected chi connectivity index (χ0v) is 18.9. The number of phenols is 1. The van der Waals surface area contributed by atoms with Gasteiger partial charge in [-0.15, -0.1) is 0 Å². The standard InChI is InChI=1S/C23H23NO7S/c1-5-31-23(27)20-21(26)19(10-13-6-8-15(28-2)12-16(13)25)32-22(20)24-14-7-9-17(29-3)18(11-14)30-4/h6-12,25-26H,5H2,1-4H3. The summed E-state index contributed by atoms with van der Waals surface area (Å²) in [4.78, 5) is 17.4. The highest BCUT2D eigenvalue weighted by Crippen LogP contribution is 2.42. The molecule has 0 spiro atoms. The number of aliphatic hydroxyl groups is 1. The fraction of sp³-hybridized carbons (Fsp3) is 0.217. The van der Waals surface area contributed by atoms with E-state index in [1.807, 2.05) is 0 Å². The van der Waals surface area contributed by atoms with E-state index in [9.17, 15) is 15.0 Å². The first-order valence-corrected chi connectivity index (χ1v) is 10.4. The minimum atomic E-state index is -0.695. The molecule has 0 unspecified atom stereocenters. The summed E-state index contributed by atoms with van der Waals surface area (Å²) >= 11 is 1.08. The largest absolute Gasteiger partial charge is 0.507 e. The Labute approximate surface area is 189 Å². The van der Waals surface area contributed by atoms with Crippen molar-refractivity contribution in [2.24, 2.45) is 4.99 Å². The first-order valence-electron chi connectivity index (χ1n) is 9.60. The van der Waals surface area contributed by atoms with Crippen molar-refractivity contribution in [2.75, 3.05) is 27.9 Å². The van der Waals surface area contributed by atoms with E-state index < -0.39 is 5.97 Å². The van der Waals surface area contributed by atoms with E-state index in [2.05, 4.69) is 4.99 Å². The average Bonchev–Trinajstić information content (AvgIpc) is 3.09. The number of phenolic OH excluding ortho intramolecular Hbond substituents is 1. The Morgan fingerprint density at radius 3 is 2.41 bits per heavy atom. The number of carbonyl (C=O) groups is 1. The lowest BCUT2D eigenvalue weighted by molar-refractivity contribution is -0.138. The Bertz CT molecular complexity index is 1120. The van der Waals surface area contributed by atoms with E-state index in [0.29, 0.717) is 33.4 Å². The summed E-state index contributed by atoms with van der Waals surface area (Å²) < 4.78 is 20.7. The number of thioether (sulfide) groups is 1. The lowest BCUT2D eigenvalue weighted by Gasteiger charge is -2.08. The van der Waals surface area contributed by atoms with E-state index in [1.54, 1.807) is 43.3 Å². The van der Waals surface area contributed by atoms with Crippen molar-refractivity contribution in [2.45, 2.75) is 6.92 Å². The van der Waals surface area contributed by atoms with Crippen LogP contribution in [0.1, 0.15) is 12.5 Å². The second kappa shape index (κ2) is 10.1. The molecule has 3 rings (SSSR count). The molecule has 0 aliphatic carbocycles. The van der Waals surface area contributed by atoms with Crippen molar-refractivity contribution in [1.29, 1.82) is 0 Å². The summed E-state index contributed by atoms with van der Waals surface area (Å²) in [5.41, 5.74) is 0.884. The van der Waals surface area contributed by atoms with Crippen LogP contribution < -0.4 is 14.2 Å². The maximum absolute atomic E-state index is 12.6. The average molecular weight is 458 g/mol. The Morgan fingerprint density at radius 2 is 1.78 bits per heavy atom. The normalized spacial score (nSPS) is 15.9. The van der Waals surface area contributed by atoms with Gasteiger partial charge < -0.3 is 29.2 Å². The second-order valence-corrected chi connectivity index (χ2v) is 7.47. The van der Waals surface area contributed by atoms with Crippen LogP contribution in [0, 0.1) is 0 Å². The summed E-state index contributed by atoms with van der Waals surface area (Å²) in [5, 5.41) is 21.3. The summed E-state index contributed by atoms with van der Waals surface area (Å²) in [6.45, 7) is 1.82. The van der Waals surface area contributed by atoms with Crippen molar-refractivity contribution >= 4 is 34.5 Å². The Balaban J connectivity index is 2.06. The van der Waals surface area contributed by atoms with Crippen molar-refractivity contribution in [3.63, 3.8) is 0 Å². The minimum absolute atomic E-state index is 0.0341. The van der Waals surface area contributed by atoms with Gasteiger partial charge in [-0.2, -0.15) is 0 Å². The zero-order valence-electron chi connectivity index (χ0n) is 18.0. The molecule has 0 radical (unpaired) electrons. The van der Waals surface area contributed by atoms with Gasteiger partial charge in [0.15, 0.2) is 11.5 Å². The highest BCUT2D eigenvalue weighted by molar-refractivity contribution is 8.18. The third-order valence-corrected chi connectivity index (χ3v) is 5.51. The molecule has 0 aromatic heterocycles. The SMILES string of the molecule is CCOC(=O)C1=C(O)C(=Cc2ccc(OC)cc2O)SC1=Nc1ccc(OC)c(OC)c1. The highest BCUT2D eigenvalue weighted by Gasteiger charge is 2.33. The Morgan fingerprint density at radius 1 is 1.03 bits per heavy atom. The van der Waals surface area contributed by atoms with Gasteiger partial charge in [0.1, 0.15) is 27.9 Å². The number of aliphatic hydroxyl groups excluding tert-OH is 1. The van der Waals surface area contributed by atoms with Gasteiger partial charge in [0.05, 0.1) is 38.5 Å². The molecule has 0 atom stereocenters. The predicted molar refractivity (Wildman–Crippen MR) is 123 cm³/mol. The number of hydrogen-bond donors (Lipinski definition) is 2. The fourth-order valence-electron chi connectivity index (χ4n) is 2.92. The van der Waals surface area contributed by atoms with Crippen LogP contribution in [-0.4, -0.2) is 49.2 Å². The first-order chi connectivity index (χ1) is 15.4. The van der Waals surface area contributed by atoms with Crippen LogP contribution in [0.4, 0.5) is 5.69 Å². The van der Waals surface area contributed by atoms with Crippen LogP contribution >= 0.6 is 11.8 Å². The van der Waals surface area contributed by atoms with Gasteiger partial charge in [0, 0.05) is 17.7 Å². The van der Waals surface area contributed by atoms with E-state index >= 15 is 0 Å². The van der Waals surface area contributed by atoms with E-state index in [4.69, 9.17) is 18.9 Å². The summed E-state index contributed by atoms with van der Waals surface area (Å²) in [6, 6.07) is 9.82. The highest BCUT2D eigenvalue weighted by atomic mass is 32.2. The first kappa shape index (κ1) is 23.1. The van der Waals surface area contributed by atoms with Gasteiger partial charge >= 0.3 is 5.97 Å². The number of ether oxygens (including phenoxy) is 4. The Kier molecular flexibility index (Phi) is 7.32. The molecule has 2 aromatic rings. The van der Waals surface area contributed by atoms with Crippen LogP contribution in [0.2, 0.25) is 0 Å². The topological polar surface area (TPSA) is 107 Å². The second-order valence-electron chi connectivity index (χ2n) is 6.44. The number of hydrogen-bond acceptors (Lipinski definition) is 9. The van der Waals surface area contributed by atoms with Crippen LogP contribution in [0.25, 0.3) is 6.08 Å². The molecule has 0 saturated heterocycles. The Hall–Kier alpha value is -3.59. The maximum atomic E-state index is 12.6. The summed E-state index contributed by atoms with van der Waals surface area (Å²) in [7, 11) is 4.54. The number of aromatic hydroxyl groups is 1. The summed E-state index contributed by atoms with van der Waals surface area (Å²) in [6.07, 6.45) is 1.56. The molecule has 2 aromatic carbocycles. The molecule has 0 saturated carbocycles. The summed E-state index contributed by atoms with van der Waals surface area (Å²) in [5.74, 6) is 0.499. The van der Waals surface area contributed by atoms with Crippen molar-refractivity contribution in [1.82, 2.24) is 0 Å². The molecule has 1 aliphatic rings. The molecule has 8 nitrogen and oxygen atoms in total. The number of nitrogens with zero attached hydrogens (tertiary/aromatic N) is 1. The number of esters is 1. The third kappa shape index (κ3) is 4.83. The molecule has 1 heterocycles. The van der Waals surface area contributed by atoms with Gasteiger partial charge in [-0.1, -0.05) is 11.8 Å². The number of aliphatic imine (C=N–C) groups is 1. The minimum Gasteiger partial charge on any atom is -0.507 e. The van der Waals surface area contributed by atoms with Crippen molar-refractivity contribution in [3.8, 4) is 23.0 Å². The van der Waals surface area contributed by atoms with Crippen LogP contribution in [-0.2, 0) is 9.53 Å². The molecular weight excluding hydrogens is 434 g/mol. The van der Waals surface area contributed by atoms with Gasteiger partial charge in [0.2, 0.25) is 0 Å². The molecular formula is C23H23NO7S. The number of rotatable bonds is 7. The van der Waals surface area contributed by atoms with Crippen molar-refractivity contribution in [3.05, 3.63) is 58.2 Å². The molecule has 2 N–H and O–H groups in total. The maximum Gasteiger partial charge on any atom is 0.344 e. The van der Waals surface area contributed by atoms with Gasteiger partial charge in [-0.3, -0.25) is 0 Å². The number of methoxy groups -OCH3 is 3. The van der Waals surface area contributed by atoms with Crippen LogP contribution in [0.15, 0.2) is 57.6 Å². The lowest BCUT2D eigenvalue weighted by Crippen LogP contribution is -2.12.